The monoisotopic (exact) mass is 373 g/mol. The average Bonchev–Trinajstić information content (AvgIpc) is 2.96. The summed E-state index contributed by atoms with van der Waals surface area (Å²) in [5.74, 6) is -1.51. The minimum Gasteiger partial charge on any atom is -0.462 e. The highest BCUT2D eigenvalue weighted by Gasteiger charge is 2.24. The molecule has 0 aliphatic carbocycles. The number of ether oxygens (including phenoxy) is 2. The molecule has 0 aliphatic heterocycles. The molecule has 8 nitrogen and oxygen atoms in total. The maximum atomic E-state index is 13.2. The van der Waals surface area contributed by atoms with Gasteiger partial charge in [0.05, 0.1) is 17.6 Å². The summed E-state index contributed by atoms with van der Waals surface area (Å²) in [4.78, 5) is 32.2. The van der Waals surface area contributed by atoms with Gasteiger partial charge in [0.25, 0.3) is 0 Å². The Kier molecular flexibility index (Phi) is 5.02. The van der Waals surface area contributed by atoms with Gasteiger partial charge in [-0.1, -0.05) is 6.07 Å². The van der Waals surface area contributed by atoms with Crippen LogP contribution in [0.4, 0.5) is 10.2 Å². The molecule has 2 N–H and O–H groups in total. The summed E-state index contributed by atoms with van der Waals surface area (Å²) in [5, 5.41) is 0.242. The fourth-order valence-electron chi connectivity index (χ4n) is 2.53. The highest BCUT2D eigenvalue weighted by Crippen LogP contribution is 2.29. The normalized spacial score (nSPS) is 10.8. The second kappa shape index (κ2) is 7.40. The zero-order valence-electron chi connectivity index (χ0n) is 14.6. The van der Waals surface area contributed by atoms with E-state index in [0.717, 1.165) is 6.07 Å². The Morgan fingerprint density at radius 1 is 1.22 bits per heavy atom. The van der Waals surface area contributed by atoms with E-state index in [1.807, 2.05) is 0 Å². The lowest BCUT2D eigenvalue weighted by Gasteiger charge is -2.05. The van der Waals surface area contributed by atoms with Gasteiger partial charge in [-0.2, -0.15) is 4.98 Å². The second-order valence-electron chi connectivity index (χ2n) is 5.55. The third kappa shape index (κ3) is 3.71. The number of anilines is 1. The van der Waals surface area contributed by atoms with Gasteiger partial charge in [-0.05, 0) is 32.0 Å². The van der Waals surface area contributed by atoms with Crippen molar-refractivity contribution in [1.29, 1.82) is 0 Å². The number of carbonyl (C=O) groups is 2. The SMILES string of the molecule is CCOC(=O)c1c(C)oc2nc(COC(=O)c3cccc(F)c3)nc(N)c12. The Morgan fingerprint density at radius 2 is 2.00 bits per heavy atom. The first-order chi connectivity index (χ1) is 12.9. The number of esters is 2. The van der Waals surface area contributed by atoms with Crippen LogP contribution in [0, 0.1) is 12.7 Å². The molecule has 3 rings (SSSR count). The van der Waals surface area contributed by atoms with Crippen LogP contribution in [0.5, 0.6) is 0 Å². The number of fused-ring (bicyclic) bond motifs is 1. The van der Waals surface area contributed by atoms with Gasteiger partial charge in [0.1, 0.15) is 23.0 Å². The van der Waals surface area contributed by atoms with E-state index < -0.39 is 17.8 Å². The van der Waals surface area contributed by atoms with E-state index in [2.05, 4.69) is 9.97 Å². The number of hydrogen-bond donors (Lipinski definition) is 1. The molecule has 0 radical (unpaired) electrons. The fraction of sp³-hybridized carbons (Fsp3) is 0.222. The maximum Gasteiger partial charge on any atom is 0.342 e. The lowest BCUT2D eigenvalue weighted by Crippen LogP contribution is -2.10. The van der Waals surface area contributed by atoms with E-state index in [-0.39, 0.29) is 47.1 Å². The smallest absolute Gasteiger partial charge is 0.342 e. The van der Waals surface area contributed by atoms with Crippen molar-refractivity contribution in [3.8, 4) is 0 Å². The molecule has 0 saturated heterocycles. The van der Waals surface area contributed by atoms with Gasteiger partial charge in [0.2, 0.25) is 5.71 Å². The number of carbonyl (C=O) groups excluding carboxylic acids is 2. The molecule has 0 amide bonds. The van der Waals surface area contributed by atoms with Crippen molar-refractivity contribution in [3.63, 3.8) is 0 Å². The van der Waals surface area contributed by atoms with Gasteiger partial charge in [0.15, 0.2) is 12.4 Å². The van der Waals surface area contributed by atoms with E-state index in [9.17, 15) is 14.0 Å². The third-order valence-corrected chi connectivity index (χ3v) is 3.67. The van der Waals surface area contributed by atoms with E-state index >= 15 is 0 Å². The first-order valence-electron chi connectivity index (χ1n) is 8.06. The van der Waals surface area contributed by atoms with Crippen molar-refractivity contribution in [3.05, 3.63) is 52.8 Å². The summed E-state index contributed by atoms with van der Waals surface area (Å²) in [7, 11) is 0. The first kappa shape index (κ1) is 18.3. The van der Waals surface area contributed by atoms with Gasteiger partial charge in [0, 0.05) is 0 Å². The molecule has 27 heavy (non-hydrogen) atoms. The molecule has 9 heteroatoms. The Morgan fingerprint density at radius 3 is 2.70 bits per heavy atom. The Bertz CT molecular complexity index is 1030. The van der Waals surface area contributed by atoms with Crippen molar-refractivity contribution < 1.29 is 27.9 Å². The van der Waals surface area contributed by atoms with E-state index in [1.54, 1.807) is 13.8 Å². The summed E-state index contributed by atoms with van der Waals surface area (Å²) in [6, 6.07) is 5.09. The number of rotatable bonds is 5. The molecule has 2 aromatic heterocycles. The zero-order chi connectivity index (χ0) is 19.6. The van der Waals surface area contributed by atoms with Crippen LogP contribution >= 0.6 is 0 Å². The average molecular weight is 373 g/mol. The van der Waals surface area contributed by atoms with Gasteiger partial charge >= 0.3 is 11.9 Å². The Balaban J connectivity index is 1.84. The second-order valence-corrected chi connectivity index (χ2v) is 5.55. The minimum absolute atomic E-state index is 0.00305. The minimum atomic E-state index is -0.736. The van der Waals surface area contributed by atoms with Crippen molar-refractivity contribution in [1.82, 2.24) is 9.97 Å². The van der Waals surface area contributed by atoms with Crippen LogP contribution in [-0.2, 0) is 16.1 Å². The Labute approximate surface area is 153 Å². The molecule has 140 valence electrons. The number of halogens is 1. The van der Waals surface area contributed by atoms with Crippen molar-refractivity contribution in [2.45, 2.75) is 20.5 Å². The summed E-state index contributed by atoms with van der Waals surface area (Å²) in [5.41, 5.74) is 6.23. The number of benzene rings is 1. The van der Waals surface area contributed by atoms with Crippen LogP contribution in [0.25, 0.3) is 11.1 Å². The molecule has 0 aliphatic rings. The summed E-state index contributed by atoms with van der Waals surface area (Å²) < 4.78 is 28.7. The molecule has 0 spiro atoms. The number of nitrogens with zero attached hydrogens (tertiary/aromatic N) is 2. The molecule has 0 unspecified atom stereocenters. The topological polar surface area (TPSA) is 118 Å². The third-order valence-electron chi connectivity index (χ3n) is 3.67. The molecule has 3 aromatic rings. The lowest BCUT2D eigenvalue weighted by atomic mass is 10.2. The van der Waals surface area contributed by atoms with Crippen LogP contribution in [-0.4, -0.2) is 28.5 Å². The van der Waals surface area contributed by atoms with Gasteiger partial charge in [-0.25, -0.2) is 19.0 Å². The number of aromatic nitrogens is 2. The lowest BCUT2D eigenvalue weighted by molar-refractivity contribution is 0.0460. The Hall–Kier alpha value is -3.49. The van der Waals surface area contributed by atoms with E-state index in [0.29, 0.717) is 5.76 Å². The fourth-order valence-corrected chi connectivity index (χ4v) is 2.53. The molecule has 0 bridgehead atoms. The van der Waals surface area contributed by atoms with Crippen molar-refractivity contribution in [2.24, 2.45) is 0 Å². The van der Waals surface area contributed by atoms with Gasteiger partial charge in [-0.15, -0.1) is 0 Å². The molecular formula is C18H16FN3O5. The molecule has 0 fully saturated rings. The number of nitrogens with two attached hydrogens (primary N) is 1. The predicted octanol–water partition coefficient (Wildman–Crippen LogP) is 2.79. The standard InChI is InChI=1S/C18H16FN3O5/c1-3-25-18(24)13-9(2)27-16-14(13)15(20)21-12(22-16)8-26-17(23)10-5-4-6-11(19)7-10/h4-7H,3,8H2,1-2H3,(H2,20,21,22). The summed E-state index contributed by atoms with van der Waals surface area (Å²) >= 11 is 0. The van der Waals surface area contributed by atoms with Crippen molar-refractivity contribution in [2.75, 3.05) is 12.3 Å². The van der Waals surface area contributed by atoms with Crippen LogP contribution in [0.3, 0.4) is 0 Å². The van der Waals surface area contributed by atoms with Crippen LogP contribution in [0.2, 0.25) is 0 Å². The number of nitrogen functional groups attached to an aromatic ring is 1. The predicted molar refractivity (Wildman–Crippen MR) is 92.4 cm³/mol. The molecular weight excluding hydrogens is 357 g/mol. The van der Waals surface area contributed by atoms with Crippen LogP contribution in [0.15, 0.2) is 28.7 Å². The molecule has 2 heterocycles. The van der Waals surface area contributed by atoms with E-state index in [1.165, 1.54) is 18.2 Å². The van der Waals surface area contributed by atoms with Crippen molar-refractivity contribution >= 4 is 28.9 Å². The highest BCUT2D eigenvalue weighted by molar-refractivity contribution is 6.07. The van der Waals surface area contributed by atoms with Crippen LogP contribution in [0.1, 0.15) is 39.2 Å². The largest absolute Gasteiger partial charge is 0.462 e. The maximum absolute atomic E-state index is 13.2. The van der Waals surface area contributed by atoms with Gasteiger partial charge in [-0.3, -0.25) is 0 Å². The first-order valence-corrected chi connectivity index (χ1v) is 8.06. The number of hydrogen-bond acceptors (Lipinski definition) is 8. The van der Waals surface area contributed by atoms with E-state index in [4.69, 9.17) is 19.6 Å². The highest BCUT2D eigenvalue weighted by atomic mass is 19.1. The molecule has 0 saturated carbocycles. The van der Waals surface area contributed by atoms with Crippen LogP contribution < -0.4 is 5.73 Å². The summed E-state index contributed by atoms with van der Waals surface area (Å²) in [6.45, 7) is 3.15. The molecule has 0 atom stereocenters. The molecule has 1 aromatic carbocycles. The van der Waals surface area contributed by atoms with Gasteiger partial charge < -0.3 is 19.6 Å². The zero-order valence-corrected chi connectivity index (χ0v) is 14.6. The quantitative estimate of drug-likeness (QED) is 0.678. The number of aryl methyl sites for hydroxylation is 1. The summed E-state index contributed by atoms with van der Waals surface area (Å²) in [6.07, 6.45) is 0. The number of furan rings is 1.